The molecule has 0 unspecified atom stereocenters. The van der Waals surface area contributed by atoms with Crippen LogP contribution in [0.3, 0.4) is 0 Å². The van der Waals surface area contributed by atoms with E-state index in [1.54, 1.807) is 0 Å². The lowest BCUT2D eigenvalue weighted by Crippen LogP contribution is -1.74. The summed E-state index contributed by atoms with van der Waals surface area (Å²) in [5, 5.41) is 0. The topological polar surface area (TPSA) is 0 Å². The molecule has 0 aromatic heterocycles. The highest BCUT2D eigenvalue weighted by Gasteiger charge is 1.78. The molecule has 0 atom stereocenters. The number of thioether (sulfide) groups is 1. The zero-order valence-corrected chi connectivity index (χ0v) is 6.50. The Kier molecular flexibility index (Phi) is 7.17. The molecule has 0 heterocycles. The zero-order valence-electron chi connectivity index (χ0n) is 5.68. The van der Waals surface area contributed by atoms with Crippen molar-refractivity contribution in [1.82, 2.24) is 0 Å². The summed E-state index contributed by atoms with van der Waals surface area (Å²) < 4.78 is 0. The maximum absolute atomic E-state index is 2.21. The van der Waals surface area contributed by atoms with Gasteiger partial charge in [0.15, 0.2) is 0 Å². The Morgan fingerprint density at radius 3 is 2.75 bits per heavy atom. The van der Waals surface area contributed by atoms with Gasteiger partial charge in [0.1, 0.15) is 0 Å². The van der Waals surface area contributed by atoms with Crippen LogP contribution in [0.5, 0.6) is 0 Å². The Balaban J connectivity index is 2.72. The van der Waals surface area contributed by atoms with E-state index in [-0.39, 0.29) is 0 Å². The minimum atomic E-state index is 1.23. The first-order valence-electron chi connectivity index (χ1n) is 3.10. The predicted octanol–water partition coefficient (Wildman–Crippen LogP) is 2.71. The van der Waals surface area contributed by atoms with Crippen molar-refractivity contribution in [2.75, 3.05) is 11.5 Å². The van der Waals surface area contributed by atoms with Crippen molar-refractivity contribution in [1.29, 1.82) is 0 Å². The molecule has 0 saturated heterocycles. The van der Waals surface area contributed by atoms with Crippen LogP contribution in [0.4, 0.5) is 0 Å². The summed E-state index contributed by atoms with van der Waals surface area (Å²) in [7, 11) is 0. The second-order valence-corrected chi connectivity index (χ2v) is 2.95. The van der Waals surface area contributed by atoms with E-state index < -0.39 is 0 Å². The van der Waals surface area contributed by atoms with Crippen LogP contribution in [0.15, 0.2) is 12.2 Å². The highest BCUT2D eigenvalue weighted by Crippen LogP contribution is 2.00. The van der Waals surface area contributed by atoms with Gasteiger partial charge in [0.05, 0.1) is 0 Å². The third-order valence-electron chi connectivity index (χ3n) is 0.869. The zero-order chi connectivity index (χ0) is 6.24. The lowest BCUT2D eigenvalue weighted by molar-refractivity contribution is 1.23. The fraction of sp³-hybridized carbons (Fsp3) is 0.714. The molecular formula is C7H14S. The summed E-state index contributed by atoms with van der Waals surface area (Å²) in [6.45, 7) is 4.26. The second-order valence-electron chi connectivity index (χ2n) is 1.55. The molecule has 0 radical (unpaired) electrons. The van der Waals surface area contributed by atoms with Gasteiger partial charge in [-0.1, -0.05) is 19.1 Å². The lowest BCUT2D eigenvalue weighted by atomic mass is 10.4. The Morgan fingerprint density at radius 2 is 2.25 bits per heavy atom. The largest absolute Gasteiger partial charge is 0.162 e. The predicted molar refractivity (Wildman–Crippen MR) is 42.4 cm³/mol. The molecular weight excluding hydrogens is 116 g/mol. The first kappa shape index (κ1) is 8.09. The van der Waals surface area contributed by atoms with Gasteiger partial charge in [0.2, 0.25) is 0 Å². The molecule has 1 heteroatoms. The third-order valence-corrected chi connectivity index (χ3v) is 1.80. The van der Waals surface area contributed by atoms with Crippen molar-refractivity contribution in [2.45, 2.75) is 20.3 Å². The average Bonchev–Trinajstić information content (AvgIpc) is 1.81. The maximum Gasteiger partial charge on any atom is -0.00330 e. The van der Waals surface area contributed by atoms with Gasteiger partial charge in [0, 0.05) is 0 Å². The Morgan fingerprint density at radius 1 is 1.50 bits per heavy atom. The van der Waals surface area contributed by atoms with E-state index in [9.17, 15) is 0 Å². The van der Waals surface area contributed by atoms with Crippen LogP contribution >= 0.6 is 11.8 Å². The van der Waals surface area contributed by atoms with E-state index in [1.165, 1.54) is 17.9 Å². The molecule has 0 aromatic rings. The van der Waals surface area contributed by atoms with Gasteiger partial charge in [0.25, 0.3) is 0 Å². The van der Waals surface area contributed by atoms with Gasteiger partial charge >= 0.3 is 0 Å². The molecule has 0 rings (SSSR count). The molecule has 0 nitrogen and oxygen atoms in total. The molecule has 0 aliphatic carbocycles. The van der Waals surface area contributed by atoms with Gasteiger partial charge in [-0.25, -0.2) is 0 Å². The molecule has 0 bridgehead atoms. The molecule has 0 fully saturated rings. The minimum absolute atomic E-state index is 1.23. The molecule has 0 aromatic carbocycles. The Labute approximate surface area is 56.4 Å². The second kappa shape index (κ2) is 7.09. The average molecular weight is 130 g/mol. The van der Waals surface area contributed by atoms with Crippen molar-refractivity contribution in [3.05, 3.63) is 12.2 Å². The van der Waals surface area contributed by atoms with E-state index in [4.69, 9.17) is 0 Å². The lowest BCUT2D eigenvalue weighted by Gasteiger charge is -1.89. The van der Waals surface area contributed by atoms with Crippen LogP contribution < -0.4 is 0 Å². The summed E-state index contributed by atoms with van der Waals surface area (Å²) in [4.78, 5) is 0. The van der Waals surface area contributed by atoms with Gasteiger partial charge in [-0.05, 0) is 24.9 Å². The van der Waals surface area contributed by atoms with E-state index in [2.05, 4.69) is 26.0 Å². The fourth-order valence-corrected chi connectivity index (χ4v) is 1.05. The number of allylic oxidation sites excluding steroid dienone is 2. The van der Waals surface area contributed by atoms with E-state index >= 15 is 0 Å². The molecule has 0 spiro atoms. The van der Waals surface area contributed by atoms with Crippen molar-refractivity contribution in [2.24, 2.45) is 0 Å². The highest BCUT2D eigenvalue weighted by atomic mass is 32.2. The summed E-state index contributed by atoms with van der Waals surface area (Å²) >= 11 is 2.00. The van der Waals surface area contributed by atoms with Gasteiger partial charge in [-0.15, -0.1) is 0 Å². The van der Waals surface area contributed by atoms with Crippen LogP contribution in [0, 0.1) is 0 Å². The maximum atomic E-state index is 2.21. The molecule has 8 heavy (non-hydrogen) atoms. The van der Waals surface area contributed by atoms with Crippen LogP contribution in [0.2, 0.25) is 0 Å². The molecule has 0 saturated carbocycles. The standard InChI is InChI=1S/C7H14S/c1-3-5-6-7-8-4-2/h3,5H,4,6-7H2,1-2H3/b5-3+. The van der Waals surface area contributed by atoms with Crippen LogP contribution in [-0.4, -0.2) is 11.5 Å². The first-order chi connectivity index (χ1) is 3.91. The molecule has 0 N–H and O–H groups in total. The number of hydrogen-bond acceptors (Lipinski definition) is 1. The SMILES string of the molecule is C/C=C/CCSCC. The highest BCUT2D eigenvalue weighted by molar-refractivity contribution is 7.99. The van der Waals surface area contributed by atoms with Crippen molar-refractivity contribution in [3.63, 3.8) is 0 Å². The molecule has 48 valence electrons. The van der Waals surface area contributed by atoms with E-state index in [0.29, 0.717) is 0 Å². The van der Waals surface area contributed by atoms with Gasteiger partial charge in [-0.3, -0.25) is 0 Å². The van der Waals surface area contributed by atoms with Gasteiger partial charge in [-0.2, -0.15) is 11.8 Å². The van der Waals surface area contributed by atoms with Crippen molar-refractivity contribution in [3.8, 4) is 0 Å². The summed E-state index contributed by atoms with van der Waals surface area (Å²) in [5.74, 6) is 2.53. The van der Waals surface area contributed by atoms with Crippen LogP contribution in [-0.2, 0) is 0 Å². The monoisotopic (exact) mass is 130 g/mol. The Bertz CT molecular complexity index is 57.4. The summed E-state index contributed by atoms with van der Waals surface area (Å²) in [6, 6.07) is 0. The van der Waals surface area contributed by atoms with Crippen molar-refractivity contribution < 1.29 is 0 Å². The van der Waals surface area contributed by atoms with Crippen molar-refractivity contribution >= 4 is 11.8 Å². The molecule has 0 amide bonds. The smallest absolute Gasteiger partial charge is 0.00330 e. The Hall–Kier alpha value is 0.0900. The third kappa shape index (κ3) is 6.09. The minimum Gasteiger partial charge on any atom is -0.162 e. The quantitative estimate of drug-likeness (QED) is 0.416. The number of hydrogen-bond donors (Lipinski definition) is 0. The molecule has 0 aliphatic rings. The van der Waals surface area contributed by atoms with Crippen LogP contribution in [0.25, 0.3) is 0 Å². The van der Waals surface area contributed by atoms with Crippen LogP contribution in [0.1, 0.15) is 20.3 Å². The first-order valence-corrected chi connectivity index (χ1v) is 4.26. The van der Waals surface area contributed by atoms with Gasteiger partial charge < -0.3 is 0 Å². The fourth-order valence-electron chi connectivity index (χ4n) is 0.462. The van der Waals surface area contributed by atoms with E-state index in [0.717, 1.165) is 0 Å². The number of rotatable bonds is 4. The normalized spacial score (nSPS) is 10.8. The summed E-state index contributed by atoms with van der Waals surface area (Å²) in [6.07, 6.45) is 5.55. The van der Waals surface area contributed by atoms with E-state index in [1.807, 2.05) is 11.8 Å². The summed E-state index contributed by atoms with van der Waals surface area (Å²) in [5.41, 5.74) is 0. The molecule has 0 aliphatic heterocycles.